The van der Waals surface area contributed by atoms with Crippen LogP contribution in [0.4, 0.5) is 5.69 Å². The highest BCUT2D eigenvalue weighted by molar-refractivity contribution is 7.95. The Morgan fingerprint density at radius 1 is 0.808 bits per heavy atom. The summed E-state index contributed by atoms with van der Waals surface area (Å²) in [6.45, 7) is 0. The first-order valence-corrected chi connectivity index (χ1v) is 9.12. The molecule has 0 fully saturated rings. The minimum atomic E-state index is -3.80. The largest absolute Gasteiger partial charge is 0.497 e. The molecule has 140 valence electrons. The molecule has 0 unspecified atom stereocenters. The highest BCUT2D eigenvalue weighted by atomic mass is 32.2. The summed E-state index contributed by atoms with van der Waals surface area (Å²) in [6.07, 6.45) is 1.48. The van der Waals surface area contributed by atoms with Gasteiger partial charge in [0.05, 0.1) is 33.8 Å². The van der Waals surface area contributed by atoms with Crippen LogP contribution in [0, 0.1) is 0 Å². The lowest BCUT2D eigenvalue weighted by Gasteiger charge is -2.15. The normalized spacial score (nSPS) is 11.2. The van der Waals surface area contributed by atoms with Crippen LogP contribution >= 0.6 is 0 Å². The first-order chi connectivity index (χ1) is 12.4. The van der Waals surface area contributed by atoms with E-state index >= 15 is 0 Å². The Kier molecular flexibility index (Phi) is 6.35. The maximum atomic E-state index is 12.4. The van der Waals surface area contributed by atoms with Gasteiger partial charge in [-0.15, -0.1) is 0 Å². The van der Waals surface area contributed by atoms with Crippen LogP contribution in [0.2, 0.25) is 0 Å². The smallest absolute Gasteiger partial charge is 0.255 e. The van der Waals surface area contributed by atoms with Crippen LogP contribution < -0.4 is 23.7 Å². The molecule has 0 aliphatic carbocycles. The van der Waals surface area contributed by atoms with E-state index in [1.165, 1.54) is 27.4 Å². The zero-order valence-electron chi connectivity index (χ0n) is 15.0. The second kappa shape index (κ2) is 8.48. The minimum Gasteiger partial charge on any atom is -0.497 e. The van der Waals surface area contributed by atoms with Gasteiger partial charge in [-0.3, -0.25) is 4.72 Å². The Morgan fingerprint density at radius 3 is 1.81 bits per heavy atom. The maximum absolute atomic E-state index is 12.4. The molecular formula is C18H21NO6S. The highest BCUT2D eigenvalue weighted by Crippen LogP contribution is 2.39. The molecule has 0 spiro atoms. The van der Waals surface area contributed by atoms with Crippen LogP contribution in [0.25, 0.3) is 6.08 Å². The molecule has 0 radical (unpaired) electrons. The molecule has 0 atom stereocenters. The van der Waals surface area contributed by atoms with Crippen molar-refractivity contribution in [2.75, 3.05) is 33.2 Å². The molecule has 1 N–H and O–H groups in total. The molecule has 2 rings (SSSR count). The molecule has 0 saturated heterocycles. The molecule has 8 heteroatoms. The van der Waals surface area contributed by atoms with Crippen molar-refractivity contribution in [3.63, 3.8) is 0 Å². The van der Waals surface area contributed by atoms with Gasteiger partial charge in [-0.1, -0.05) is 12.1 Å². The van der Waals surface area contributed by atoms with Crippen LogP contribution in [-0.4, -0.2) is 36.9 Å². The predicted molar refractivity (Wildman–Crippen MR) is 101 cm³/mol. The van der Waals surface area contributed by atoms with Crippen LogP contribution in [0.3, 0.4) is 0 Å². The van der Waals surface area contributed by atoms with Gasteiger partial charge >= 0.3 is 0 Å². The summed E-state index contributed by atoms with van der Waals surface area (Å²) in [7, 11) is 2.12. The number of ether oxygens (including phenoxy) is 4. The highest BCUT2D eigenvalue weighted by Gasteiger charge is 2.17. The van der Waals surface area contributed by atoms with Crippen molar-refractivity contribution in [1.29, 1.82) is 0 Å². The summed E-state index contributed by atoms with van der Waals surface area (Å²) in [6, 6.07) is 10.1. The van der Waals surface area contributed by atoms with E-state index in [1.807, 2.05) is 0 Å². The molecule has 0 aliphatic rings. The van der Waals surface area contributed by atoms with Crippen molar-refractivity contribution in [2.24, 2.45) is 0 Å². The Hall–Kier alpha value is -2.87. The SMILES string of the molecule is COc1ccc(/C=C/S(=O)(=O)Nc2c(OC)cc(OC)cc2OC)cc1. The van der Waals surface area contributed by atoms with Gasteiger partial charge in [-0.05, 0) is 23.8 Å². The molecule has 0 heterocycles. The lowest BCUT2D eigenvalue weighted by Crippen LogP contribution is -2.11. The number of hydrogen-bond acceptors (Lipinski definition) is 6. The fourth-order valence-electron chi connectivity index (χ4n) is 2.17. The van der Waals surface area contributed by atoms with Crippen molar-refractivity contribution >= 4 is 21.8 Å². The number of sulfonamides is 1. The molecule has 2 aromatic rings. The van der Waals surface area contributed by atoms with Gasteiger partial charge in [-0.2, -0.15) is 0 Å². The summed E-state index contributed by atoms with van der Waals surface area (Å²) < 4.78 is 48.0. The fraction of sp³-hybridized carbons (Fsp3) is 0.222. The van der Waals surface area contributed by atoms with E-state index in [0.717, 1.165) is 5.41 Å². The average molecular weight is 379 g/mol. The Labute approximate surface area is 153 Å². The molecule has 0 amide bonds. The van der Waals surface area contributed by atoms with Crippen LogP contribution in [0.5, 0.6) is 23.0 Å². The van der Waals surface area contributed by atoms with Gasteiger partial charge in [0.25, 0.3) is 10.0 Å². The average Bonchev–Trinajstić information content (AvgIpc) is 2.66. The van der Waals surface area contributed by atoms with E-state index in [1.54, 1.807) is 43.5 Å². The van der Waals surface area contributed by atoms with Gasteiger partial charge in [-0.25, -0.2) is 8.42 Å². The number of rotatable bonds is 8. The molecule has 0 saturated carbocycles. The fourth-order valence-corrected chi connectivity index (χ4v) is 3.06. The zero-order valence-corrected chi connectivity index (χ0v) is 15.8. The minimum absolute atomic E-state index is 0.190. The number of benzene rings is 2. The van der Waals surface area contributed by atoms with E-state index in [0.29, 0.717) is 17.1 Å². The van der Waals surface area contributed by atoms with Crippen molar-refractivity contribution in [2.45, 2.75) is 0 Å². The van der Waals surface area contributed by atoms with E-state index in [4.69, 9.17) is 18.9 Å². The van der Waals surface area contributed by atoms with E-state index < -0.39 is 10.0 Å². The standard InChI is InChI=1S/C18H21NO6S/c1-22-14-7-5-13(6-8-14)9-10-26(20,21)19-18-16(24-3)11-15(23-2)12-17(18)25-4/h5-12,19H,1-4H3/b10-9+. The van der Waals surface area contributed by atoms with Crippen molar-refractivity contribution in [3.8, 4) is 23.0 Å². The molecule has 26 heavy (non-hydrogen) atoms. The predicted octanol–water partition coefficient (Wildman–Crippen LogP) is 3.13. The van der Waals surface area contributed by atoms with Crippen LogP contribution in [0.15, 0.2) is 41.8 Å². The number of anilines is 1. The maximum Gasteiger partial charge on any atom is 0.255 e. The van der Waals surface area contributed by atoms with E-state index in [-0.39, 0.29) is 17.2 Å². The first-order valence-electron chi connectivity index (χ1n) is 7.57. The van der Waals surface area contributed by atoms with Gasteiger partial charge < -0.3 is 18.9 Å². The number of nitrogens with one attached hydrogen (secondary N) is 1. The summed E-state index contributed by atoms with van der Waals surface area (Å²) in [4.78, 5) is 0. The Balaban J connectivity index is 2.29. The topological polar surface area (TPSA) is 83.1 Å². The third-order valence-electron chi connectivity index (χ3n) is 3.51. The van der Waals surface area contributed by atoms with Gasteiger partial charge in [0.15, 0.2) is 0 Å². The lowest BCUT2D eigenvalue weighted by atomic mass is 10.2. The van der Waals surface area contributed by atoms with Gasteiger partial charge in [0.2, 0.25) is 0 Å². The molecular weight excluding hydrogens is 358 g/mol. The Morgan fingerprint density at radius 2 is 1.35 bits per heavy atom. The third kappa shape index (κ3) is 4.82. The molecule has 2 aromatic carbocycles. The zero-order chi connectivity index (χ0) is 19.2. The van der Waals surface area contributed by atoms with Gasteiger partial charge in [0.1, 0.15) is 28.7 Å². The summed E-state index contributed by atoms with van der Waals surface area (Å²) >= 11 is 0. The molecule has 0 bridgehead atoms. The first kappa shape index (κ1) is 19.5. The molecule has 0 aliphatic heterocycles. The van der Waals surface area contributed by atoms with E-state index in [9.17, 15) is 8.42 Å². The Bertz CT molecular complexity index is 850. The van der Waals surface area contributed by atoms with Gasteiger partial charge in [0, 0.05) is 12.1 Å². The van der Waals surface area contributed by atoms with Crippen LogP contribution in [-0.2, 0) is 10.0 Å². The monoisotopic (exact) mass is 379 g/mol. The van der Waals surface area contributed by atoms with Crippen molar-refractivity contribution in [3.05, 3.63) is 47.4 Å². The van der Waals surface area contributed by atoms with E-state index in [2.05, 4.69) is 4.72 Å². The second-order valence-electron chi connectivity index (χ2n) is 5.13. The summed E-state index contributed by atoms with van der Waals surface area (Å²) in [5.41, 5.74) is 0.903. The molecule has 7 nitrogen and oxygen atoms in total. The summed E-state index contributed by atoms with van der Waals surface area (Å²) in [5, 5.41) is 1.07. The van der Waals surface area contributed by atoms with Crippen molar-refractivity contribution in [1.82, 2.24) is 0 Å². The lowest BCUT2D eigenvalue weighted by molar-refractivity contribution is 0.378. The van der Waals surface area contributed by atoms with Crippen molar-refractivity contribution < 1.29 is 27.4 Å². The second-order valence-corrected chi connectivity index (χ2v) is 6.70. The number of methoxy groups -OCH3 is 4. The molecule has 0 aromatic heterocycles. The quantitative estimate of drug-likeness (QED) is 0.759. The van der Waals surface area contributed by atoms with Crippen LogP contribution in [0.1, 0.15) is 5.56 Å². The third-order valence-corrected chi connectivity index (χ3v) is 4.50. The summed E-state index contributed by atoms with van der Waals surface area (Å²) in [5.74, 6) is 1.73. The number of hydrogen-bond donors (Lipinski definition) is 1.